The molecule has 0 spiro atoms. The topological polar surface area (TPSA) is 117 Å². The Balaban J connectivity index is 1.51. The van der Waals surface area contributed by atoms with Crippen molar-refractivity contribution in [2.45, 2.75) is 6.04 Å². The highest BCUT2D eigenvalue weighted by atomic mass is 16.7. The van der Waals surface area contributed by atoms with E-state index in [4.69, 9.17) is 28.1 Å². The second-order valence-electron chi connectivity index (χ2n) is 8.81. The van der Waals surface area contributed by atoms with Crippen LogP contribution in [0.1, 0.15) is 22.2 Å². The van der Waals surface area contributed by atoms with Gasteiger partial charge < -0.3 is 33.2 Å². The molecule has 0 saturated carbocycles. The molecule has 1 amide bonds. The van der Waals surface area contributed by atoms with Gasteiger partial charge in [-0.1, -0.05) is 18.2 Å². The lowest BCUT2D eigenvalue weighted by atomic mass is 9.94. The monoisotopic (exact) mass is 529 g/mol. The van der Waals surface area contributed by atoms with E-state index < -0.39 is 23.5 Å². The maximum Gasteiger partial charge on any atom is 0.294 e. The second kappa shape index (κ2) is 9.32. The Bertz CT molecular complexity index is 1670. The van der Waals surface area contributed by atoms with Crippen molar-refractivity contribution >= 4 is 28.3 Å². The number of aliphatic hydroxyl groups excluding tert-OH is 1. The number of ether oxygens (including phenoxy) is 5. The highest BCUT2D eigenvalue weighted by Gasteiger charge is 2.46. The zero-order chi connectivity index (χ0) is 27.3. The van der Waals surface area contributed by atoms with Crippen molar-refractivity contribution in [3.63, 3.8) is 0 Å². The molecule has 198 valence electrons. The van der Waals surface area contributed by atoms with E-state index in [1.54, 1.807) is 60.7 Å². The quantitative estimate of drug-likeness (QED) is 0.331. The molecule has 0 radical (unpaired) electrons. The zero-order valence-corrected chi connectivity index (χ0v) is 21.2. The first kappa shape index (κ1) is 24.2. The number of nitrogens with zero attached hydrogens (tertiary/aromatic N) is 1. The van der Waals surface area contributed by atoms with Gasteiger partial charge in [0.05, 0.1) is 32.9 Å². The third-order valence-electron chi connectivity index (χ3n) is 6.76. The summed E-state index contributed by atoms with van der Waals surface area (Å²) in [6, 6.07) is 15.8. The van der Waals surface area contributed by atoms with Crippen molar-refractivity contribution in [3.8, 4) is 28.7 Å². The fraction of sp³-hybridized carbons (Fsp3) is 0.172. The molecule has 0 bridgehead atoms. The summed E-state index contributed by atoms with van der Waals surface area (Å²) in [6.45, 7) is 0.0502. The molecule has 10 nitrogen and oxygen atoms in total. The van der Waals surface area contributed by atoms with Crippen molar-refractivity contribution in [1.29, 1.82) is 0 Å². The number of anilines is 1. The van der Waals surface area contributed by atoms with E-state index >= 15 is 0 Å². The molecule has 1 atom stereocenters. The highest BCUT2D eigenvalue weighted by molar-refractivity contribution is 6.20. The van der Waals surface area contributed by atoms with Gasteiger partial charge in [0.2, 0.25) is 12.6 Å². The first-order valence-corrected chi connectivity index (χ1v) is 11.9. The molecule has 1 N–H and O–H groups in total. The van der Waals surface area contributed by atoms with Crippen LogP contribution in [0.5, 0.6) is 28.7 Å². The maximum atomic E-state index is 14.0. The summed E-state index contributed by atoms with van der Waals surface area (Å²) in [5, 5.41) is 11.8. The number of ketones is 1. The van der Waals surface area contributed by atoms with Crippen LogP contribution in [-0.2, 0) is 4.79 Å². The molecule has 3 aromatic carbocycles. The minimum atomic E-state index is -1.03. The standard InChI is InChI=1S/C29H23NO9/c1-34-18-9-7-15(11-21(18)36-3)25-24(26(31)23-12-16-5-4-6-20(35-2)28(16)39-23)27(32)29(33)30(25)17-8-10-19-22(13-17)38-14-37-19/h4-13,25,32H,14H2,1-3H3. The number of hydrogen-bond donors (Lipinski definition) is 1. The van der Waals surface area contributed by atoms with Crippen molar-refractivity contribution in [1.82, 2.24) is 0 Å². The SMILES string of the molecule is COc1ccc(C2C(C(=O)c3cc4cccc(OC)c4o3)=C(O)C(=O)N2c2ccc3c(c2)OCO3)cc1OC. The number of benzene rings is 3. The summed E-state index contributed by atoms with van der Waals surface area (Å²) in [7, 11) is 4.49. The Morgan fingerprint density at radius 1 is 0.897 bits per heavy atom. The van der Waals surface area contributed by atoms with Crippen LogP contribution in [0.25, 0.3) is 11.0 Å². The van der Waals surface area contributed by atoms with E-state index in [0.29, 0.717) is 51.0 Å². The number of rotatable bonds is 7. The number of fused-ring (bicyclic) bond motifs is 2. The summed E-state index contributed by atoms with van der Waals surface area (Å²) in [5.74, 6) is 0.114. The van der Waals surface area contributed by atoms with Crippen molar-refractivity contribution in [2.75, 3.05) is 33.0 Å². The van der Waals surface area contributed by atoms with Gasteiger partial charge >= 0.3 is 0 Å². The van der Waals surface area contributed by atoms with Gasteiger partial charge in [0.1, 0.15) is 0 Å². The van der Waals surface area contributed by atoms with Crippen LogP contribution >= 0.6 is 0 Å². The Kier molecular flexibility index (Phi) is 5.79. The number of methoxy groups -OCH3 is 3. The number of furan rings is 1. The van der Waals surface area contributed by atoms with E-state index in [-0.39, 0.29) is 18.1 Å². The molecule has 1 aromatic heterocycles. The van der Waals surface area contributed by atoms with Gasteiger partial charge in [-0.15, -0.1) is 0 Å². The van der Waals surface area contributed by atoms with E-state index in [9.17, 15) is 14.7 Å². The minimum Gasteiger partial charge on any atom is -0.503 e. The Morgan fingerprint density at radius 2 is 1.67 bits per heavy atom. The summed E-state index contributed by atoms with van der Waals surface area (Å²) in [6.07, 6.45) is 0. The normalized spacial score (nSPS) is 16.2. The molecule has 2 aliphatic rings. The molecule has 39 heavy (non-hydrogen) atoms. The van der Waals surface area contributed by atoms with Crippen LogP contribution in [0.15, 0.2) is 76.4 Å². The second-order valence-corrected chi connectivity index (χ2v) is 8.81. The van der Waals surface area contributed by atoms with Gasteiger partial charge in [0, 0.05) is 17.1 Å². The number of carbonyl (C=O) groups excluding carboxylic acids is 2. The zero-order valence-electron chi connectivity index (χ0n) is 21.2. The maximum absolute atomic E-state index is 14.0. The van der Waals surface area contributed by atoms with Crippen LogP contribution in [0.2, 0.25) is 0 Å². The molecule has 4 aromatic rings. The smallest absolute Gasteiger partial charge is 0.294 e. The van der Waals surface area contributed by atoms with Gasteiger partial charge in [-0.05, 0) is 42.0 Å². The Morgan fingerprint density at radius 3 is 2.44 bits per heavy atom. The number of amides is 1. The molecule has 6 rings (SSSR count). The van der Waals surface area contributed by atoms with Crippen molar-refractivity contribution < 1.29 is 42.8 Å². The fourth-order valence-electron chi connectivity index (χ4n) is 4.92. The average molecular weight is 530 g/mol. The lowest BCUT2D eigenvalue weighted by molar-refractivity contribution is -0.117. The molecule has 2 aliphatic heterocycles. The number of Topliss-reactive ketones (excluding diaryl/α,β-unsaturated/α-hetero) is 1. The number of hydrogen-bond acceptors (Lipinski definition) is 9. The van der Waals surface area contributed by atoms with Crippen LogP contribution < -0.4 is 28.6 Å². The van der Waals surface area contributed by atoms with Crippen molar-refractivity contribution in [3.05, 3.63) is 83.3 Å². The summed E-state index contributed by atoms with van der Waals surface area (Å²) < 4.78 is 33.0. The fourth-order valence-corrected chi connectivity index (χ4v) is 4.92. The lowest BCUT2D eigenvalue weighted by Gasteiger charge is -2.27. The minimum absolute atomic E-state index is 0.0502. The van der Waals surface area contributed by atoms with E-state index in [1.807, 2.05) is 0 Å². The molecular formula is C29H23NO9. The first-order valence-electron chi connectivity index (χ1n) is 11.9. The highest BCUT2D eigenvalue weighted by Crippen LogP contribution is 2.46. The van der Waals surface area contributed by atoms with Gasteiger partial charge in [0.15, 0.2) is 45.8 Å². The predicted octanol–water partition coefficient (Wildman–Crippen LogP) is 4.97. The van der Waals surface area contributed by atoms with Crippen LogP contribution in [0.4, 0.5) is 5.69 Å². The molecule has 1 unspecified atom stereocenters. The van der Waals surface area contributed by atoms with Crippen LogP contribution in [0, 0.1) is 0 Å². The number of carbonyl (C=O) groups is 2. The molecule has 3 heterocycles. The third kappa shape index (κ3) is 3.80. The van der Waals surface area contributed by atoms with Gasteiger partial charge in [-0.3, -0.25) is 14.5 Å². The van der Waals surface area contributed by atoms with E-state index in [0.717, 1.165) is 0 Å². The number of para-hydroxylation sites is 1. The van der Waals surface area contributed by atoms with Gasteiger partial charge in [0.25, 0.3) is 5.91 Å². The molecule has 10 heteroatoms. The van der Waals surface area contributed by atoms with E-state index in [1.165, 1.54) is 26.2 Å². The predicted molar refractivity (Wildman–Crippen MR) is 139 cm³/mol. The molecule has 0 fully saturated rings. The third-order valence-corrected chi connectivity index (χ3v) is 6.76. The Labute approximate surface area is 222 Å². The van der Waals surface area contributed by atoms with Crippen LogP contribution in [0.3, 0.4) is 0 Å². The Hall–Kier alpha value is -5.12. The summed E-state index contributed by atoms with van der Waals surface area (Å²) in [5.41, 5.74) is 1.12. The molecule has 0 aliphatic carbocycles. The van der Waals surface area contributed by atoms with Crippen molar-refractivity contribution in [2.24, 2.45) is 0 Å². The molecular weight excluding hydrogens is 506 g/mol. The van der Waals surface area contributed by atoms with Crippen LogP contribution in [-0.4, -0.2) is 44.9 Å². The number of aliphatic hydroxyl groups is 1. The lowest BCUT2D eigenvalue weighted by Crippen LogP contribution is -2.31. The summed E-state index contributed by atoms with van der Waals surface area (Å²) >= 11 is 0. The average Bonchev–Trinajstić information content (AvgIpc) is 3.68. The van der Waals surface area contributed by atoms with E-state index in [2.05, 4.69) is 0 Å². The summed E-state index contributed by atoms with van der Waals surface area (Å²) in [4.78, 5) is 28.9. The largest absolute Gasteiger partial charge is 0.503 e. The first-order chi connectivity index (χ1) is 18.9. The molecule has 0 saturated heterocycles. The van der Waals surface area contributed by atoms with Gasteiger partial charge in [-0.25, -0.2) is 0 Å². The van der Waals surface area contributed by atoms with Gasteiger partial charge in [-0.2, -0.15) is 0 Å².